The Bertz CT molecular complexity index is 759. The highest BCUT2D eigenvalue weighted by atomic mass is 35.5. The first-order chi connectivity index (χ1) is 12.1. The van der Waals surface area contributed by atoms with Gasteiger partial charge in [-0.3, -0.25) is 4.79 Å². The minimum absolute atomic E-state index is 0.174. The lowest BCUT2D eigenvalue weighted by atomic mass is 10.1. The monoisotopic (exact) mass is 363 g/mol. The zero-order chi connectivity index (χ0) is 18.1. The fourth-order valence-electron chi connectivity index (χ4n) is 2.36. The van der Waals surface area contributed by atoms with Crippen LogP contribution in [0, 0.1) is 23.1 Å². The summed E-state index contributed by atoms with van der Waals surface area (Å²) in [6.45, 7) is 3.63. The second kappa shape index (κ2) is 9.94. The van der Waals surface area contributed by atoms with Crippen molar-refractivity contribution in [1.82, 2.24) is 9.88 Å². The van der Waals surface area contributed by atoms with Crippen LogP contribution in [0.3, 0.4) is 0 Å². The zero-order valence-electron chi connectivity index (χ0n) is 13.6. The molecule has 0 saturated carbocycles. The van der Waals surface area contributed by atoms with Crippen molar-refractivity contribution in [2.45, 2.75) is 6.54 Å². The molecule has 1 aliphatic heterocycles. The first-order valence-corrected chi connectivity index (χ1v) is 8.27. The molecule has 2 heterocycles. The summed E-state index contributed by atoms with van der Waals surface area (Å²) in [5.74, 6) is -0.0988. The van der Waals surface area contributed by atoms with E-state index in [2.05, 4.69) is 5.32 Å². The van der Waals surface area contributed by atoms with Crippen molar-refractivity contribution in [3.05, 3.63) is 69.4 Å². The molecule has 0 amide bonds. The molecule has 1 saturated heterocycles. The molecule has 0 bridgehead atoms. The van der Waals surface area contributed by atoms with Gasteiger partial charge in [0.05, 0.1) is 18.2 Å². The molecule has 1 aliphatic rings. The number of halogens is 2. The maximum Gasteiger partial charge on any atom is 0.268 e. The van der Waals surface area contributed by atoms with E-state index >= 15 is 0 Å². The van der Waals surface area contributed by atoms with Crippen molar-refractivity contribution in [1.29, 1.82) is 5.26 Å². The normalized spacial score (nSPS) is 16.9. The molecule has 132 valence electrons. The second-order valence-corrected chi connectivity index (χ2v) is 5.96. The lowest BCUT2D eigenvalue weighted by Gasteiger charge is -2.15. The number of nitrogens with zero attached hydrogens (tertiary/aromatic N) is 2. The molecule has 1 aromatic heterocycles. The van der Waals surface area contributed by atoms with Crippen LogP contribution in [0.25, 0.3) is 0 Å². The summed E-state index contributed by atoms with van der Waals surface area (Å²) < 4.78 is 19.2. The molecule has 1 aromatic carbocycles. The van der Waals surface area contributed by atoms with Gasteiger partial charge in [-0.2, -0.15) is 5.26 Å². The average molecular weight is 364 g/mol. The largest absolute Gasteiger partial charge is 0.380 e. The Kier molecular flexibility index (Phi) is 7.61. The SMILES string of the molecule is Fc1ccccc1Cl.N#Cc1cccn(CC2CNCCOC2)c1=O. The van der Waals surface area contributed by atoms with Crippen LogP contribution < -0.4 is 10.9 Å². The first-order valence-electron chi connectivity index (χ1n) is 7.90. The van der Waals surface area contributed by atoms with Gasteiger partial charge in [0.1, 0.15) is 17.4 Å². The molecule has 5 nitrogen and oxygen atoms in total. The molecule has 25 heavy (non-hydrogen) atoms. The summed E-state index contributed by atoms with van der Waals surface area (Å²) in [5, 5.41) is 12.2. The lowest BCUT2D eigenvalue weighted by molar-refractivity contribution is 0.117. The van der Waals surface area contributed by atoms with Gasteiger partial charge in [0.25, 0.3) is 5.56 Å². The third kappa shape index (κ3) is 5.98. The van der Waals surface area contributed by atoms with Crippen LogP contribution in [-0.2, 0) is 11.3 Å². The summed E-state index contributed by atoms with van der Waals surface area (Å²) in [6.07, 6.45) is 1.72. The number of nitrogens with one attached hydrogen (secondary N) is 1. The van der Waals surface area contributed by atoms with Gasteiger partial charge in [-0.25, -0.2) is 4.39 Å². The van der Waals surface area contributed by atoms with E-state index in [1.165, 1.54) is 12.1 Å². The summed E-state index contributed by atoms with van der Waals surface area (Å²) in [6, 6.07) is 11.3. The zero-order valence-corrected chi connectivity index (χ0v) is 14.4. The minimum Gasteiger partial charge on any atom is -0.380 e. The van der Waals surface area contributed by atoms with Crippen LogP contribution in [0.15, 0.2) is 47.4 Å². The van der Waals surface area contributed by atoms with Crippen LogP contribution in [0.1, 0.15) is 5.56 Å². The van der Waals surface area contributed by atoms with Gasteiger partial charge in [0.15, 0.2) is 0 Å². The molecule has 3 rings (SSSR count). The molecule has 1 fully saturated rings. The van der Waals surface area contributed by atoms with Crippen molar-refractivity contribution < 1.29 is 9.13 Å². The number of aromatic nitrogens is 1. The van der Waals surface area contributed by atoms with E-state index in [9.17, 15) is 9.18 Å². The van der Waals surface area contributed by atoms with Gasteiger partial charge in [0.2, 0.25) is 0 Å². The van der Waals surface area contributed by atoms with E-state index in [0.29, 0.717) is 19.8 Å². The van der Waals surface area contributed by atoms with Gasteiger partial charge in [-0.1, -0.05) is 23.7 Å². The highest BCUT2D eigenvalue weighted by Gasteiger charge is 2.14. The van der Waals surface area contributed by atoms with Crippen molar-refractivity contribution >= 4 is 11.6 Å². The Labute approximate surface area is 150 Å². The maximum absolute atomic E-state index is 12.2. The number of benzene rings is 1. The van der Waals surface area contributed by atoms with Crippen LogP contribution in [0.5, 0.6) is 0 Å². The summed E-state index contributed by atoms with van der Waals surface area (Å²) in [7, 11) is 0. The van der Waals surface area contributed by atoms with E-state index in [0.717, 1.165) is 13.1 Å². The van der Waals surface area contributed by atoms with Gasteiger partial charge in [-0.05, 0) is 24.3 Å². The summed E-state index contributed by atoms with van der Waals surface area (Å²) >= 11 is 5.33. The Morgan fingerprint density at radius 3 is 2.84 bits per heavy atom. The molecule has 1 unspecified atom stereocenters. The second-order valence-electron chi connectivity index (χ2n) is 5.55. The number of rotatable bonds is 2. The van der Waals surface area contributed by atoms with Crippen molar-refractivity contribution in [2.24, 2.45) is 5.92 Å². The standard InChI is InChI=1S/C12H15N3O2.C6H4ClF/c13-6-11-2-1-4-15(12(11)16)8-10-7-14-3-5-17-9-10;7-5-3-1-2-4-6(5)8/h1-2,4,10,14H,3,5,7-9H2;1-4H. The Morgan fingerprint density at radius 1 is 1.36 bits per heavy atom. The minimum atomic E-state index is -0.367. The van der Waals surface area contributed by atoms with Crippen molar-refractivity contribution in [3.63, 3.8) is 0 Å². The highest BCUT2D eigenvalue weighted by Crippen LogP contribution is 2.11. The average Bonchev–Trinajstić information content (AvgIpc) is 2.89. The molecular formula is C18H19ClFN3O2. The highest BCUT2D eigenvalue weighted by molar-refractivity contribution is 6.30. The van der Waals surface area contributed by atoms with Crippen molar-refractivity contribution in [3.8, 4) is 6.07 Å². The number of hydrogen-bond donors (Lipinski definition) is 1. The molecule has 7 heteroatoms. The number of nitriles is 1. The molecule has 0 spiro atoms. The van der Waals surface area contributed by atoms with E-state index in [1.54, 1.807) is 35.0 Å². The molecule has 1 atom stereocenters. The molecule has 2 aromatic rings. The van der Waals surface area contributed by atoms with Gasteiger partial charge >= 0.3 is 0 Å². The van der Waals surface area contributed by atoms with E-state index < -0.39 is 0 Å². The van der Waals surface area contributed by atoms with E-state index in [-0.39, 0.29) is 27.9 Å². The fraction of sp³-hybridized carbons (Fsp3) is 0.333. The fourth-order valence-corrected chi connectivity index (χ4v) is 2.50. The molecule has 0 aliphatic carbocycles. The van der Waals surface area contributed by atoms with E-state index in [4.69, 9.17) is 21.6 Å². The first kappa shape index (κ1) is 19.1. The van der Waals surface area contributed by atoms with Gasteiger partial charge in [-0.15, -0.1) is 0 Å². The van der Waals surface area contributed by atoms with Crippen LogP contribution >= 0.6 is 11.6 Å². The third-order valence-electron chi connectivity index (χ3n) is 3.63. The Balaban J connectivity index is 0.000000236. The topological polar surface area (TPSA) is 67.1 Å². The quantitative estimate of drug-likeness (QED) is 0.890. The van der Waals surface area contributed by atoms with Gasteiger partial charge in [0, 0.05) is 31.7 Å². The van der Waals surface area contributed by atoms with Crippen LogP contribution in [0.2, 0.25) is 5.02 Å². The summed E-state index contributed by atoms with van der Waals surface area (Å²) in [5.41, 5.74) is -0.0331. The van der Waals surface area contributed by atoms with Crippen molar-refractivity contribution in [2.75, 3.05) is 26.3 Å². The molecule has 0 radical (unpaired) electrons. The lowest BCUT2D eigenvalue weighted by Crippen LogP contribution is -2.31. The van der Waals surface area contributed by atoms with E-state index in [1.807, 2.05) is 6.07 Å². The maximum atomic E-state index is 12.2. The summed E-state index contributed by atoms with van der Waals surface area (Å²) in [4.78, 5) is 11.8. The van der Waals surface area contributed by atoms with Gasteiger partial charge < -0.3 is 14.6 Å². The Morgan fingerprint density at radius 2 is 2.16 bits per heavy atom. The number of hydrogen-bond acceptors (Lipinski definition) is 4. The van der Waals surface area contributed by atoms with Crippen LogP contribution in [0.4, 0.5) is 4.39 Å². The third-order valence-corrected chi connectivity index (χ3v) is 3.94. The predicted molar refractivity (Wildman–Crippen MR) is 94.0 cm³/mol. The molecular weight excluding hydrogens is 345 g/mol. The number of pyridine rings is 1. The smallest absolute Gasteiger partial charge is 0.268 e. The molecule has 1 N–H and O–H groups in total. The number of ether oxygens (including phenoxy) is 1. The Hall–Kier alpha value is -2.20. The van der Waals surface area contributed by atoms with Crippen LogP contribution in [-0.4, -0.2) is 30.9 Å². The predicted octanol–water partition coefficient (Wildman–Crippen LogP) is 2.44.